The van der Waals surface area contributed by atoms with Crippen molar-refractivity contribution >= 4 is 5.69 Å². The summed E-state index contributed by atoms with van der Waals surface area (Å²) < 4.78 is 13.4. The molecule has 0 radical (unpaired) electrons. The van der Waals surface area contributed by atoms with Crippen molar-refractivity contribution in [3.8, 4) is 6.07 Å². The van der Waals surface area contributed by atoms with E-state index in [2.05, 4.69) is 5.32 Å². The van der Waals surface area contributed by atoms with Gasteiger partial charge in [0.15, 0.2) is 0 Å². The van der Waals surface area contributed by atoms with E-state index >= 15 is 0 Å². The van der Waals surface area contributed by atoms with Gasteiger partial charge in [0.25, 0.3) is 0 Å². The maximum atomic E-state index is 13.4. The van der Waals surface area contributed by atoms with Crippen LogP contribution in [0, 0.1) is 22.6 Å². The molecule has 0 heterocycles. The Morgan fingerprint density at radius 1 is 1.39 bits per heavy atom. The van der Waals surface area contributed by atoms with Crippen molar-refractivity contribution in [3.63, 3.8) is 0 Å². The topological polar surface area (TPSA) is 56.0 Å². The molecule has 0 spiro atoms. The molecule has 0 aliphatic carbocycles. The summed E-state index contributed by atoms with van der Waals surface area (Å²) in [4.78, 5) is 0. The number of hydrogen-bond acceptors (Lipinski definition) is 3. The van der Waals surface area contributed by atoms with Gasteiger partial charge in [0.05, 0.1) is 12.2 Å². The van der Waals surface area contributed by atoms with Crippen LogP contribution < -0.4 is 5.32 Å². The summed E-state index contributed by atoms with van der Waals surface area (Å²) in [5.41, 5.74) is 0.496. The fourth-order valence-electron chi connectivity index (χ4n) is 1.78. The Kier molecular flexibility index (Phi) is 5.11. The molecule has 0 amide bonds. The minimum atomic E-state index is -0.523. The zero-order valence-corrected chi connectivity index (χ0v) is 10.8. The fraction of sp³-hybridized carbons (Fsp3) is 0.500. The average molecular weight is 250 g/mol. The quantitative estimate of drug-likeness (QED) is 0.816. The lowest BCUT2D eigenvalue weighted by atomic mass is 9.83. The number of aliphatic hydroxyl groups excluding tert-OH is 1. The molecule has 0 saturated heterocycles. The Morgan fingerprint density at radius 3 is 2.50 bits per heavy atom. The standard InChI is InChI=1S/C14H19FN2O/c1-3-14(4-2,10-18)9-17-12-6-5-11(8-16)13(15)7-12/h5-7,17-18H,3-4,9-10H2,1-2H3. The van der Waals surface area contributed by atoms with Gasteiger partial charge in [0.2, 0.25) is 0 Å². The number of rotatable bonds is 6. The summed E-state index contributed by atoms with van der Waals surface area (Å²) in [6.45, 7) is 4.75. The molecule has 0 atom stereocenters. The smallest absolute Gasteiger partial charge is 0.143 e. The van der Waals surface area contributed by atoms with E-state index in [-0.39, 0.29) is 17.6 Å². The number of nitrogens with one attached hydrogen (secondary N) is 1. The first-order valence-electron chi connectivity index (χ1n) is 6.15. The minimum absolute atomic E-state index is 0.0416. The molecule has 0 aliphatic rings. The van der Waals surface area contributed by atoms with Crippen molar-refractivity contribution in [1.29, 1.82) is 5.26 Å². The van der Waals surface area contributed by atoms with E-state index in [0.717, 1.165) is 12.8 Å². The van der Waals surface area contributed by atoms with Crippen LogP contribution in [0.25, 0.3) is 0 Å². The van der Waals surface area contributed by atoms with Crippen molar-refractivity contribution < 1.29 is 9.50 Å². The van der Waals surface area contributed by atoms with Gasteiger partial charge in [0.1, 0.15) is 11.9 Å². The van der Waals surface area contributed by atoms with E-state index in [4.69, 9.17) is 5.26 Å². The van der Waals surface area contributed by atoms with Crippen LogP contribution in [0.3, 0.4) is 0 Å². The third-order valence-electron chi connectivity index (χ3n) is 3.59. The van der Waals surface area contributed by atoms with E-state index in [0.29, 0.717) is 12.2 Å². The molecular formula is C14H19FN2O. The van der Waals surface area contributed by atoms with Crippen molar-refractivity contribution in [3.05, 3.63) is 29.6 Å². The minimum Gasteiger partial charge on any atom is -0.396 e. The second-order valence-electron chi connectivity index (χ2n) is 4.53. The highest BCUT2D eigenvalue weighted by molar-refractivity contribution is 5.48. The van der Waals surface area contributed by atoms with Crippen LogP contribution in [0.5, 0.6) is 0 Å². The Balaban J connectivity index is 2.75. The summed E-state index contributed by atoms with van der Waals surface area (Å²) in [6.07, 6.45) is 1.71. The zero-order chi connectivity index (χ0) is 13.6. The number of anilines is 1. The average Bonchev–Trinajstić information content (AvgIpc) is 2.41. The number of benzene rings is 1. The van der Waals surface area contributed by atoms with Crippen LogP contribution in [0.1, 0.15) is 32.3 Å². The number of nitriles is 1. The normalized spacial score (nSPS) is 11.1. The molecule has 1 aromatic rings. The molecule has 0 saturated carbocycles. The Hall–Kier alpha value is -1.60. The van der Waals surface area contributed by atoms with Gasteiger partial charge < -0.3 is 10.4 Å². The molecule has 18 heavy (non-hydrogen) atoms. The van der Waals surface area contributed by atoms with Crippen LogP contribution in [0.4, 0.5) is 10.1 Å². The predicted molar refractivity (Wildman–Crippen MR) is 69.7 cm³/mol. The molecule has 0 unspecified atom stereocenters. The van der Waals surface area contributed by atoms with E-state index in [1.54, 1.807) is 12.1 Å². The summed E-state index contributed by atoms with van der Waals surface area (Å²) in [5.74, 6) is -0.523. The van der Waals surface area contributed by atoms with Crippen LogP contribution >= 0.6 is 0 Å². The van der Waals surface area contributed by atoms with Crippen molar-refractivity contribution in [2.45, 2.75) is 26.7 Å². The van der Waals surface area contributed by atoms with Gasteiger partial charge in [-0.1, -0.05) is 13.8 Å². The lowest BCUT2D eigenvalue weighted by Gasteiger charge is -2.30. The van der Waals surface area contributed by atoms with Gasteiger partial charge in [0, 0.05) is 17.6 Å². The van der Waals surface area contributed by atoms with Crippen LogP contribution in [0.15, 0.2) is 18.2 Å². The van der Waals surface area contributed by atoms with Gasteiger partial charge in [-0.25, -0.2) is 4.39 Å². The summed E-state index contributed by atoms with van der Waals surface area (Å²) >= 11 is 0. The number of nitrogens with zero attached hydrogens (tertiary/aromatic N) is 1. The van der Waals surface area contributed by atoms with Crippen molar-refractivity contribution in [2.24, 2.45) is 5.41 Å². The largest absolute Gasteiger partial charge is 0.396 e. The third-order valence-corrected chi connectivity index (χ3v) is 3.59. The Morgan fingerprint density at radius 2 is 2.06 bits per heavy atom. The molecule has 0 fully saturated rings. The third kappa shape index (κ3) is 3.21. The van der Waals surface area contributed by atoms with Crippen LogP contribution in [-0.2, 0) is 0 Å². The van der Waals surface area contributed by atoms with Gasteiger partial charge in [-0.2, -0.15) is 5.26 Å². The highest BCUT2D eigenvalue weighted by Gasteiger charge is 2.24. The van der Waals surface area contributed by atoms with E-state index in [1.165, 1.54) is 12.1 Å². The Labute approximate surface area is 107 Å². The first kappa shape index (κ1) is 14.5. The SMILES string of the molecule is CCC(CC)(CO)CNc1ccc(C#N)c(F)c1. The maximum absolute atomic E-state index is 13.4. The van der Waals surface area contributed by atoms with E-state index in [1.807, 2.05) is 13.8 Å². The lowest BCUT2D eigenvalue weighted by Crippen LogP contribution is -2.32. The van der Waals surface area contributed by atoms with E-state index < -0.39 is 5.82 Å². The fourth-order valence-corrected chi connectivity index (χ4v) is 1.78. The molecule has 3 nitrogen and oxygen atoms in total. The van der Waals surface area contributed by atoms with Gasteiger partial charge >= 0.3 is 0 Å². The first-order valence-corrected chi connectivity index (χ1v) is 6.15. The monoisotopic (exact) mass is 250 g/mol. The summed E-state index contributed by atoms with van der Waals surface area (Å²) in [7, 11) is 0. The maximum Gasteiger partial charge on any atom is 0.143 e. The van der Waals surface area contributed by atoms with Crippen molar-refractivity contribution in [2.75, 3.05) is 18.5 Å². The van der Waals surface area contributed by atoms with E-state index in [9.17, 15) is 9.50 Å². The predicted octanol–water partition coefficient (Wildman–Crippen LogP) is 2.91. The van der Waals surface area contributed by atoms with Gasteiger partial charge in [-0.3, -0.25) is 0 Å². The highest BCUT2D eigenvalue weighted by Crippen LogP contribution is 2.26. The van der Waals surface area contributed by atoms with Crippen molar-refractivity contribution in [1.82, 2.24) is 0 Å². The highest BCUT2D eigenvalue weighted by atomic mass is 19.1. The molecule has 1 aromatic carbocycles. The second kappa shape index (κ2) is 6.36. The molecule has 0 bridgehead atoms. The van der Waals surface area contributed by atoms with Gasteiger partial charge in [-0.15, -0.1) is 0 Å². The zero-order valence-electron chi connectivity index (χ0n) is 10.8. The molecule has 0 aliphatic heterocycles. The summed E-state index contributed by atoms with van der Waals surface area (Å²) in [5, 5.41) is 21.2. The number of aliphatic hydroxyl groups is 1. The molecule has 0 aromatic heterocycles. The molecule has 1 rings (SSSR count). The number of halogens is 1. The molecular weight excluding hydrogens is 231 g/mol. The molecule has 98 valence electrons. The van der Waals surface area contributed by atoms with Crippen LogP contribution in [-0.4, -0.2) is 18.3 Å². The second-order valence-corrected chi connectivity index (χ2v) is 4.53. The molecule has 2 N–H and O–H groups in total. The lowest BCUT2D eigenvalue weighted by molar-refractivity contribution is 0.127. The van der Waals surface area contributed by atoms with Crippen LogP contribution in [0.2, 0.25) is 0 Å². The Bertz CT molecular complexity index is 428. The number of hydrogen-bond donors (Lipinski definition) is 2. The first-order chi connectivity index (χ1) is 8.60. The van der Waals surface area contributed by atoms with Gasteiger partial charge in [-0.05, 0) is 31.0 Å². The summed E-state index contributed by atoms with van der Waals surface area (Å²) in [6, 6.07) is 6.23. The molecule has 4 heteroatoms.